The number of carbonyl (C=O) groups excluding carboxylic acids is 1. The van der Waals surface area contributed by atoms with Crippen molar-refractivity contribution in [1.82, 2.24) is 5.32 Å². The number of hydrogen-bond acceptors (Lipinski definition) is 2. The predicted octanol–water partition coefficient (Wildman–Crippen LogP) is 5.11. The van der Waals surface area contributed by atoms with Crippen molar-refractivity contribution >= 4 is 11.7 Å². The van der Waals surface area contributed by atoms with Gasteiger partial charge >= 0.3 is 24.6 Å². The lowest BCUT2D eigenvalue weighted by Crippen LogP contribution is -2.67. The Balaban J connectivity index is 3.25. The van der Waals surface area contributed by atoms with Gasteiger partial charge < -0.3 is 15.4 Å². The molecule has 27 heavy (non-hydrogen) atoms. The monoisotopic (exact) mass is 412 g/mol. The Morgan fingerprint density at radius 1 is 1.00 bits per heavy atom. The highest BCUT2D eigenvalue weighted by molar-refractivity contribution is 5.91. The summed E-state index contributed by atoms with van der Waals surface area (Å²) in [7, 11) is 0.980. The third-order valence-electron chi connectivity index (χ3n) is 3.60. The first kappa shape index (κ1) is 22.7. The highest BCUT2D eigenvalue weighted by atomic mass is 19.4. The second-order valence-electron chi connectivity index (χ2n) is 5.25. The normalized spacial score (nSPS) is 13.3. The van der Waals surface area contributed by atoms with Gasteiger partial charge in [0.1, 0.15) is 5.75 Å². The zero-order chi connectivity index (χ0) is 21.3. The maximum Gasteiger partial charge on any atom is 0.420 e. The van der Waals surface area contributed by atoms with Gasteiger partial charge in [0.05, 0.1) is 18.4 Å². The number of rotatable bonds is 4. The summed E-state index contributed by atoms with van der Waals surface area (Å²) in [6, 6.07) is -0.389. The van der Waals surface area contributed by atoms with E-state index < -0.39 is 53.5 Å². The Morgan fingerprint density at radius 2 is 1.52 bits per heavy atom. The van der Waals surface area contributed by atoms with Crippen LogP contribution in [-0.4, -0.2) is 31.0 Å². The zero-order valence-electron chi connectivity index (χ0n) is 13.7. The molecular weight excluding hydrogens is 399 g/mol. The number of amides is 2. The van der Waals surface area contributed by atoms with Gasteiger partial charge in [0.25, 0.3) is 0 Å². The van der Waals surface area contributed by atoms with Gasteiger partial charge in [-0.3, -0.25) is 0 Å². The van der Waals surface area contributed by atoms with E-state index in [2.05, 4.69) is 4.74 Å². The number of ether oxygens (including phenoxy) is 1. The summed E-state index contributed by atoms with van der Waals surface area (Å²) in [5, 5.41) is 2.31. The highest BCUT2D eigenvalue weighted by Crippen LogP contribution is 2.45. The molecule has 0 aliphatic heterocycles. The van der Waals surface area contributed by atoms with E-state index in [-0.39, 0.29) is 0 Å². The van der Waals surface area contributed by atoms with Crippen LogP contribution in [0.5, 0.6) is 5.75 Å². The molecule has 0 aliphatic rings. The number of urea groups is 1. The molecule has 2 N–H and O–H groups in total. The van der Waals surface area contributed by atoms with E-state index in [9.17, 15) is 44.3 Å². The molecule has 2 amide bonds. The molecule has 0 spiro atoms. The van der Waals surface area contributed by atoms with E-state index in [1.807, 2.05) is 0 Å². The molecule has 1 aromatic rings. The van der Waals surface area contributed by atoms with Crippen molar-refractivity contribution in [3.8, 4) is 5.75 Å². The number of halogens is 9. The third kappa shape index (κ3) is 4.69. The van der Waals surface area contributed by atoms with Crippen molar-refractivity contribution in [2.24, 2.45) is 0 Å². The number of benzene rings is 1. The quantitative estimate of drug-likeness (QED) is 0.676. The van der Waals surface area contributed by atoms with Gasteiger partial charge in [0, 0.05) is 0 Å². The second-order valence-corrected chi connectivity index (χ2v) is 5.25. The number of nitrogens with one attached hydrogen (secondary N) is 2. The fraction of sp³-hybridized carbons (Fsp3) is 0.500. The van der Waals surface area contributed by atoms with Gasteiger partial charge in [-0.15, -0.1) is 0 Å². The molecule has 0 radical (unpaired) electrons. The van der Waals surface area contributed by atoms with E-state index in [1.165, 1.54) is 5.32 Å². The molecule has 1 rings (SSSR count). The minimum atomic E-state index is -5.91. The van der Waals surface area contributed by atoms with Gasteiger partial charge in [-0.25, -0.2) is 4.79 Å². The Bertz CT molecular complexity index is 667. The number of hydrogen-bond donors (Lipinski definition) is 2. The van der Waals surface area contributed by atoms with Crippen molar-refractivity contribution in [3.63, 3.8) is 0 Å². The predicted molar refractivity (Wildman–Crippen MR) is 75.3 cm³/mol. The van der Waals surface area contributed by atoms with E-state index in [0.29, 0.717) is 19.1 Å². The van der Waals surface area contributed by atoms with Gasteiger partial charge in [0.15, 0.2) is 0 Å². The first-order valence-corrected chi connectivity index (χ1v) is 7.07. The maximum atomic E-state index is 13.0. The van der Waals surface area contributed by atoms with Crippen molar-refractivity contribution in [1.29, 1.82) is 0 Å². The van der Waals surface area contributed by atoms with Gasteiger partial charge in [-0.05, 0) is 24.6 Å². The highest BCUT2D eigenvalue weighted by Gasteiger charge is 2.70. The van der Waals surface area contributed by atoms with E-state index in [0.717, 1.165) is 18.5 Å². The summed E-state index contributed by atoms with van der Waals surface area (Å²) in [5.74, 6) is -0.403. The Kier molecular flexibility index (Phi) is 6.18. The van der Waals surface area contributed by atoms with Gasteiger partial charge in [-0.1, -0.05) is 6.92 Å². The molecule has 0 aliphatic carbocycles. The minimum Gasteiger partial charge on any atom is -0.495 e. The molecule has 0 atom stereocenters. The SMILES string of the molecule is CCC(NC(=O)Nc1cc(C(F)(F)F)ccc1OC)(C(F)(F)F)C(F)(F)F. The lowest BCUT2D eigenvalue weighted by molar-refractivity contribution is -0.304. The summed E-state index contributed by atoms with van der Waals surface area (Å²) in [6.45, 7) is 0.548. The summed E-state index contributed by atoms with van der Waals surface area (Å²) < 4.78 is 121. The number of methoxy groups -OCH3 is 1. The third-order valence-corrected chi connectivity index (χ3v) is 3.60. The van der Waals surface area contributed by atoms with Gasteiger partial charge in [-0.2, -0.15) is 39.5 Å². The van der Waals surface area contributed by atoms with Crippen LogP contribution in [0.3, 0.4) is 0 Å². The van der Waals surface area contributed by atoms with Crippen LogP contribution in [0.4, 0.5) is 50.0 Å². The molecule has 4 nitrogen and oxygen atoms in total. The van der Waals surface area contributed by atoms with Crippen molar-refractivity contribution in [2.75, 3.05) is 12.4 Å². The fourth-order valence-corrected chi connectivity index (χ4v) is 2.12. The Morgan fingerprint density at radius 3 is 1.89 bits per heavy atom. The van der Waals surface area contributed by atoms with Crippen molar-refractivity contribution in [2.45, 2.75) is 37.4 Å². The molecule has 1 aromatic carbocycles. The molecule has 0 fully saturated rings. The van der Waals surface area contributed by atoms with E-state index >= 15 is 0 Å². The summed E-state index contributed by atoms with van der Waals surface area (Å²) >= 11 is 0. The van der Waals surface area contributed by atoms with Crippen LogP contribution in [0.2, 0.25) is 0 Å². The second kappa shape index (κ2) is 7.35. The molecule has 0 saturated carbocycles. The average Bonchev–Trinajstić information content (AvgIpc) is 2.49. The van der Waals surface area contributed by atoms with Crippen LogP contribution in [0.1, 0.15) is 18.9 Å². The standard InChI is InChI=1S/C14H13F9N2O2/c1-3-11(13(18,19)20,14(21,22)23)25-10(26)24-8-6-7(12(15,16)17)4-5-9(8)27-2/h4-6H,3H2,1-2H3,(H2,24,25,26). The topological polar surface area (TPSA) is 50.4 Å². The van der Waals surface area contributed by atoms with Crippen LogP contribution in [0.15, 0.2) is 18.2 Å². The van der Waals surface area contributed by atoms with Crippen LogP contribution >= 0.6 is 0 Å². The smallest absolute Gasteiger partial charge is 0.420 e. The molecule has 154 valence electrons. The lowest BCUT2D eigenvalue weighted by Gasteiger charge is -2.37. The number of alkyl halides is 9. The van der Waals surface area contributed by atoms with Crippen LogP contribution in [-0.2, 0) is 6.18 Å². The Hall–Kier alpha value is -2.34. The van der Waals surface area contributed by atoms with Crippen LogP contribution < -0.4 is 15.4 Å². The van der Waals surface area contributed by atoms with Gasteiger partial charge in [0.2, 0.25) is 5.54 Å². The largest absolute Gasteiger partial charge is 0.495 e. The molecule has 0 bridgehead atoms. The Labute approximate surface area is 146 Å². The summed E-state index contributed by atoms with van der Waals surface area (Å²) in [5.41, 5.74) is -6.65. The van der Waals surface area contributed by atoms with Crippen molar-refractivity contribution in [3.05, 3.63) is 23.8 Å². The fourth-order valence-electron chi connectivity index (χ4n) is 2.12. The minimum absolute atomic E-state index is 0.313. The molecule has 0 heterocycles. The zero-order valence-corrected chi connectivity index (χ0v) is 13.7. The molecule has 0 unspecified atom stereocenters. The molecule has 0 saturated heterocycles. The summed E-state index contributed by atoms with van der Waals surface area (Å²) in [6.07, 6.45) is -18.3. The number of carbonyl (C=O) groups is 1. The molecular formula is C14H13F9N2O2. The van der Waals surface area contributed by atoms with Crippen LogP contribution in [0, 0.1) is 0 Å². The molecule has 13 heteroatoms. The lowest BCUT2D eigenvalue weighted by atomic mass is 9.94. The first-order valence-electron chi connectivity index (χ1n) is 7.07. The maximum absolute atomic E-state index is 13.0. The van der Waals surface area contributed by atoms with E-state index in [4.69, 9.17) is 0 Å². The first-order chi connectivity index (χ1) is 12.1. The van der Waals surface area contributed by atoms with Crippen molar-refractivity contribution < 1.29 is 49.0 Å². The average molecular weight is 412 g/mol. The van der Waals surface area contributed by atoms with E-state index in [1.54, 1.807) is 0 Å². The van der Waals surface area contributed by atoms with Crippen LogP contribution in [0.25, 0.3) is 0 Å². The summed E-state index contributed by atoms with van der Waals surface area (Å²) in [4.78, 5) is 11.8. The molecule has 0 aromatic heterocycles. The number of anilines is 1.